The number of alkyl halides is 3. The third-order valence-electron chi connectivity index (χ3n) is 2.85. The number of furan rings is 1. The summed E-state index contributed by atoms with van der Waals surface area (Å²) in [7, 11) is 0. The van der Waals surface area contributed by atoms with E-state index in [9.17, 15) is 13.2 Å². The van der Waals surface area contributed by atoms with E-state index in [-0.39, 0.29) is 11.3 Å². The molecule has 0 bridgehead atoms. The van der Waals surface area contributed by atoms with Crippen molar-refractivity contribution < 1.29 is 17.6 Å². The number of aromatic nitrogens is 3. The molecule has 2 heterocycles. The molecule has 8 heteroatoms. The van der Waals surface area contributed by atoms with Crippen molar-refractivity contribution in [2.45, 2.75) is 6.18 Å². The minimum atomic E-state index is -4.44. The normalized spacial score (nSPS) is 12.1. The standard InChI is InChI=1S/C14H9F3N4O/c15-14(16,17)12-4-2-1-3-11(12)13-6-5-10(22-13)7-20-21-8-18-19-9-21/h1-9H/b20-7+. The lowest BCUT2D eigenvalue weighted by molar-refractivity contribution is -0.137. The predicted octanol–water partition coefficient (Wildman–Crippen LogP) is 3.44. The van der Waals surface area contributed by atoms with E-state index in [0.717, 1.165) is 6.07 Å². The summed E-state index contributed by atoms with van der Waals surface area (Å²) < 4.78 is 45.7. The van der Waals surface area contributed by atoms with Gasteiger partial charge in [-0.15, -0.1) is 10.2 Å². The zero-order chi connectivity index (χ0) is 15.6. The lowest BCUT2D eigenvalue weighted by Gasteiger charge is -2.10. The molecule has 0 saturated heterocycles. The fourth-order valence-electron chi connectivity index (χ4n) is 1.89. The summed E-state index contributed by atoms with van der Waals surface area (Å²) in [6.07, 6.45) is -0.332. The molecule has 3 rings (SSSR count). The summed E-state index contributed by atoms with van der Waals surface area (Å²) in [6, 6.07) is 8.25. The zero-order valence-electron chi connectivity index (χ0n) is 11.0. The van der Waals surface area contributed by atoms with Gasteiger partial charge in [0.15, 0.2) is 0 Å². The minimum Gasteiger partial charge on any atom is -0.455 e. The highest BCUT2D eigenvalue weighted by molar-refractivity contribution is 5.77. The molecule has 0 atom stereocenters. The molecule has 0 saturated carbocycles. The van der Waals surface area contributed by atoms with E-state index in [1.165, 1.54) is 53.9 Å². The van der Waals surface area contributed by atoms with Crippen molar-refractivity contribution in [2.24, 2.45) is 5.10 Å². The van der Waals surface area contributed by atoms with Crippen LogP contribution in [0.1, 0.15) is 11.3 Å². The Labute approximate surface area is 122 Å². The molecule has 0 aliphatic carbocycles. The van der Waals surface area contributed by atoms with Crippen LogP contribution < -0.4 is 0 Å². The van der Waals surface area contributed by atoms with Crippen LogP contribution in [-0.2, 0) is 6.18 Å². The van der Waals surface area contributed by atoms with Gasteiger partial charge in [-0.3, -0.25) is 0 Å². The van der Waals surface area contributed by atoms with Gasteiger partial charge in [0.25, 0.3) is 0 Å². The van der Waals surface area contributed by atoms with E-state index in [0.29, 0.717) is 5.76 Å². The average Bonchev–Trinajstić information content (AvgIpc) is 3.16. The zero-order valence-corrected chi connectivity index (χ0v) is 11.0. The Kier molecular flexibility index (Phi) is 3.50. The van der Waals surface area contributed by atoms with Gasteiger partial charge in [0, 0.05) is 5.56 Å². The molecule has 0 amide bonds. The molecule has 2 aromatic heterocycles. The van der Waals surface area contributed by atoms with Gasteiger partial charge in [-0.1, -0.05) is 18.2 Å². The first kappa shape index (κ1) is 14.1. The molecule has 1 aromatic carbocycles. The topological polar surface area (TPSA) is 56.2 Å². The van der Waals surface area contributed by atoms with Gasteiger partial charge in [-0.25, -0.2) is 4.68 Å². The van der Waals surface area contributed by atoms with Crippen LogP contribution in [0, 0.1) is 0 Å². The van der Waals surface area contributed by atoms with Crippen molar-refractivity contribution in [1.29, 1.82) is 0 Å². The maximum absolute atomic E-state index is 13.0. The first-order valence-corrected chi connectivity index (χ1v) is 6.19. The maximum atomic E-state index is 13.0. The first-order chi connectivity index (χ1) is 10.5. The SMILES string of the molecule is FC(F)(F)c1ccccc1-c1ccc(/C=N/n2cnnc2)o1. The van der Waals surface area contributed by atoms with Crippen LogP contribution in [-0.4, -0.2) is 21.1 Å². The molecule has 0 radical (unpaired) electrons. The quantitative estimate of drug-likeness (QED) is 0.696. The molecule has 22 heavy (non-hydrogen) atoms. The molecular formula is C14H9F3N4O. The van der Waals surface area contributed by atoms with Crippen LogP contribution in [0.25, 0.3) is 11.3 Å². The second-order valence-corrected chi connectivity index (χ2v) is 4.33. The summed E-state index contributed by atoms with van der Waals surface area (Å²) >= 11 is 0. The second kappa shape index (κ2) is 5.47. The summed E-state index contributed by atoms with van der Waals surface area (Å²) in [6.45, 7) is 0. The Hall–Kier alpha value is -2.90. The van der Waals surface area contributed by atoms with E-state index in [4.69, 9.17) is 4.42 Å². The van der Waals surface area contributed by atoms with Gasteiger partial charge in [0.05, 0.1) is 11.8 Å². The average molecular weight is 306 g/mol. The molecule has 0 fully saturated rings. The van der Waals surface area contributed by atoms with Gasteiger partial charge in [-0.2, -0.15) is 18.3 Å². The number of hydrogen-bond acceptors (Lipinski definition) is 4. The van der Waals surface area contributed by atoms with Crippen molar-refractivity contribution in [3.05, 3.63) is 60.4 Å². The van der Waals surface area contributed by atoms with E-state index >= 15 is 0 Å². The number of hydrogen-bond donors (Lipinski definition) is 0. The third kappa shape index (κ3) is 2.90. The number of nitrogens with zero attached hydrogens (tertiary/aromatic N) is 4. The molecule has 0 N–H and O–H groups in total. The predicted molar refractivity (Wildman–Crippen MR) is 72.2 cm³/mol. The summed E-state index contributed by atoms with van der Waals surface area (Å²) in [4.78, 5) is 0. The fraction of sp³-hybridized carbons (Fsp3) is 0.0714. The van der Waals surface area contributed by atoms with E-state index < -0.39 is 11.7 Å². The van der Waals surface area contributed by atoms with Crippen molar-refractivity contribution in [1.82, 2.24) is 14.9 Å². The lowest BCUT2D eigenvalue weighted by Crippen LogP contribution is -2.06. The highest BCUT2D eigenvalue weighted by Crippen LogP contribution is 2.37. The van der Waals surface area contributed by atoms with Crippen LogP contribution in [0.4, 0.5) is 13.2 Å². The highest BCUT2D eigenvalue weighted by atomic mass is 19.4. The molecule has 5 nitrogen and oxygen atoms in total. The van der Waals surface area contributed by atoms with Crippen LogP contribution in [0.2, 0.25) is 0 Å². The van der Waals surface area contributed by atoms with Crippen molar-refractivity contribution in [3.8, 4) is 11.3 Å². The van der Waals surface area contributed by atoms with Crippen LogP contribution in [0.5, 0.6) is 0 Å². The molecule has 0 aliphatic rings. The Morgan fingerprint density at radius 1 is 1.05 bits per heavy atom. The first-order valence-electron chi connectivity index (χ1n) is 6.19. The summed E-state index contributed by atoms with van der Waals surface area (Å²) in [5, 5.41) is 11.1. The molecule has 112 valence electrons. The molecule has 0 aliphatic heterocycles. The van der Waals surface area contributed by atoms with Gasteiger partial charge in [0.2, 0.25) is 0 Å². The van der Waals surface area contributed by atoms with Gasteiger partial charge in [-0.05, 0) is 18.2 Å². The minimum absolute atomic E-state index is 0.0149. The Bertz CT molecular complexity index is 791. The smallest absolute Gasteiger partial charge is 0.417 e. The molecule has 0 unspecified atom stereocenters. The van der Waals surface area contributed by atoms with Crippen molar-refractivity contribution >= 4 is 6.21 Å². The van der Waals surface area contributed by atoms with Crippen LogP contribution >= 0.6 is 0 Å². The fourth-order valence-corrected chi connectivity index (χ4v) is 1.89. The Morgan fingerprint density at radius 3 is 2.50 bits per heavy atom. The van der Waals surface area contributed by atoms with Gasteiger partial charge < -0.3 is 4.42 Å². The Balaban J connectivity index is 1.92. The number of benzene rings is 1. The molecular weight excluding hydrogens is 297 g/mol. The Morgan fingerprint density at radius 2 is 1.77 bits per heavy atom. The monoisotopic (exact) mass is 306 g/mol. The largest absolute Gasteiger partial charge is 0.455 e. The van der Waals surface area contributed by atoms with E-state index in [1.54, 1.807) is 0 Å². The van der Waals surface area contributed by atoms with Gasteiger partial charge in [0.1, 0.15) is 24.2 Å². The number of halogens is 3. The van der Waals surface area contributed by atoms with E-state index in [1.807, 2.05) is 0 Å². The number of rotatable bonds is 3. The summed E-state index contributed by atoms with van der Waals surface area (Å²) in [5.41, 5.74) is -0.759. The van der Waals surface area contributed by atoms with Crippen LogP contribution in [0.3, 0.4) is 0 Å². The maximum Gasteiger partial charge on any atom is 0.417 e. The third-order valence-corrected chi connectivity index (χ3v) is 2.85. The second-order valence-electron chi connectivity index (χ2n) is 4.33. The highest BCUT2D eigenvalue weighted by Gasteiger charge is 2.34. The molecule has 0 spiro atoms. The summed E-state index contributed by atoms with van der Waals surface area (Å²) in [5.74, 6) is 0.443. The van der Waals surface area contributed by atoms with Crippen molar-refractivity contribution in [2.75, 3.05) is 0 Å². The van der Waals surface area contributed by atoms with Crippen molar-refractivity contribution in [3.63, 3.8) is 0 Å². The van der Waals surface area contributed by atoms with Crippen LogP contribution in [0.15, 0.2) is 58.6 Å². The van der Waals surface area contributed by atoms with Gasteiger partial charge >= 0.3 is 6.18 Å². The lowest BCUT2D eigenvalue weighted by atomic mass is 10.1. The molecule has 3 aromatic rings. The van der Waals surface area contributed by atoms with E-state index in [2.05, 4.69) is 15.3 Å².